The van der Waals surface area contributed by atoms with Crippen LogP contribution in [0.4, 0.5) is 5.69 Å². The number of anilines is 1. The number of benzene rings is 1. The highest BCUT2D eigenvalue weighted by Crippen LogP contribution is 2.24. The summed E-state index contributed by atoms with van der Waals surface area (Å²) in [5.74, 6) is -0.946. The first-order valence-corrected chi connectivity index (χ1v) is 7.93. The summed E-state index contributed by atoms with van der Waals surface area (Å²) in [6, 6.07) is 10.3. The Morgan fingerprint density at radius 2 is 1.91 bits per heavy atom. The highest BCUT2D eigenvalue weighted by Gasteiger charge is 2.34. The fourth-order valence-electron chi connectivity index (χ4n) is 2.00. The van der Waals surface area contributed by atoms with Gasteiger partial charge in [-0.1, -0.05) is 17.7 Å². The first kappa shape index (κ1) is 14.9. The van der Waals surface area contributed by atoms with Gasteiger partial charge in [0.15, 0.2) is 5.11 Å². The molecule has 0 spiro atoms. The zero-order valence-corrected chi connectivity index (χ0v) is 13.5. The molecule has 0 bridgehead atoms. The summed E-state index contributed by atoms with van der Waals surface area (Å²) in [5, 5.41) is 5.02. The molecule has 0 saturated carbocycles. The highest BCUT2D eigenvalue weighted by molar-refractivity contribution is 7.80. The van der Waals surface area contributed by atoms with Crippen LogP contribution in [0.3, 0.4) is 0 Å². The summed E-state index contributed by atoms with van der Waals surface area (Å²) in [4.78, 5) is 26.8. The second kappa shape index (κ2) is 6.00. The lowest BCUT2D eigenvalue weighted by molar-refractivity contribution is -0.122. The summed E-state index contributed by atoms with van der Waals surface area (Å²) in [6.07, 6.45) is 1.56. The number of thiophene rings is 1. The van der Waals surface area contributed by atoms with Crippen molar-refractivity contribution >= 4 is 63.8 Å². The first-order valence-electron chi connectivity index (χ1n) is 6.27. The largest absolute Gasteiger partial charge is 0.298 e. The number of nitrogens with one attached hydrogen (secondary N) is 1. The Hall–Kier alpha value is -2.02. The molecule has 1 aromatic heterocycles. The molecular weight excluding hydrogens is 340 g/mol. The van der Waals surface area contributed by atoms with Gasteiger partial charge in [0.1, 0.15) is 5.57 Å². The predicted octanol–water partition coefficient (Wildman–Crippen LogP) is 3.23. The van der Waals surface area contributed by atoms with Crippen LogP contribution in [0.25, 0.3) is 6.08 Å². The van der Waals surface area contributed by atoms with Crippen LogP contribution in [-0.4, -0.2) is 16.9 Å². The monoisotopic (exact) mass is 348 g/mol. The van der Waals surface area contributed by atoms with E-state index in [1.54, 1.807) is 30.3 Å². The highest BCUT2D eigenvalue weighted by atomic mass is 35.5. The van der Waals surface area contributed by atoms with Crippen molar-refractivity contribution in [1.29, 1.82) is 0 Å². The maximum absolute atomic E-state index is 12.6. The van der Waals surface area contributed by atoms with Gasteiger partial charge in [-0.2, -0.15) is 0 Å². The number of rotatable bonds is 2. The number of hydrogen-bond donors (Lipinski definition) is 1. The normalized spacial score (nSPS) is 17.0. The van der Waals surface area contributed by atoms with Crippen molar-refractivity contribution < 1.29 is 9.59 Å². The van der Waals surface area contributed by atoms with Crippen LogP contribution in [0.15, 0.2) is 47.4 Å². The minimum atomic E-state index is -0.492. The number of thiocarbonyl (C=S) groups is 1. The minimum Gasteiger partial charge on any atom is -0.298 e. The maximum Gasteiger partial charge on any atom is 0.270 e. The van der Waals surface area contributed by atoms with E-state index in [0.717, 1.165) is 4.88 Å². The van der Waals surface area contributed by atoms with Crippen molar-refractivity contribution in [1.82, 2.24) is 5.32 Å². The van der Waals surface area contributed by atoms with Crippen LogP contribution in [-0.2, 0) is 9.59 Å². The standard InChI is InChI=1S/C15H9ClN2O2S2/c16-9-3-5-10(6-4-9)18-14(20)12(13(19)17-15(18)21)8-11-2-1-7-22-11/h1-8H,(H,17,19,21)/b12-8+. The molecule has 2 amide bonds. The molecule has 1 aliphatic rings. The van der Waals surface area contributed by atoms with E-state index < -0.39 is 11.8 Å². The Morgan fingerprint density at radius 1 is 1.18 bits per heavy atom. The summed E-state index contributed by atoms with van der Waals surface area (Å²) >= 11 is 12.4. The molecule has 0 unspecified atom stereocenters. The Labute approximate surface area is 141 Å². The molecule has 3 rings (SSSR count). The predicted molar refractivity (Wildman–Crippen MR) is 92.0 cm³/mol. The van der Waals surface area contributed by atoms with Crippen molar-refractivity contribution in [3.8, 4) is 0 Å². The SMILES string of the molecule is O=C1NC(=S)N(c2ccc(Cl)cc2)C(=O)/C1=C/c1cccs1. The van der Waals surface area contributed by atoms with Gasteiger partial charge in [0.05, 0.1) is 5.69 Å². The average Bonchev–Trinajstić information content (AvgIpc) is 2.98. The summed E-state index contributed by atoms with van der Waals surface area (Å²) in [7, 11) is 0. The third-order valence-corrected chi connectivity index (χ3v) is 4.37. The zero-order chi connectivity index (χ0) is 15.7. The van der Waals surface area contributed by atoms with Gasteiger partial charge in [-0.3, -0.25) is 19.8 Å². The number of nitrogens with zero attached hydrogens (tertiary/aromatic N) is 1. The minimum absolute atomic E-state index is 0.0472. The molecule has 1 N–H and O–H groups in total. The van der Waals surface area contributed by atoms with Crippen LogP contribution < -0.4 is 10.2 Å². The van der Waals surface area contributed by atoms with Crippen molar-refractivity contribution in [3.63, 3.8) is 0 Å². The number of carbonyl (C=O) groups excluding carboxylic acids is 2. The fourth-order valence-corrected chi connectivity index (χ4v) is 3.06. The van der Waals surface area contributed by atoms with Crippen molar-refractivity contribution in [2.75, 3.05) is 4.90 Å². The molecule has 0 aliphatic carbocycles. The molecule has 1 saturated heterocycles. The summed E-state index contributed by atoms with van der Waals surface area (Å²) in [5.41, 5.74) is 0.600. The van der Waals surface area contributed by atoms with Gasteiger partial charge < -0.3 is 0 Å². The molecule has 4 nitrogen and oxygen atoms in total. The zero-order valence-electron chi connectivity index (χ0n) is 11.1. The summed E-state index contributed by atoms with van der Waals surface area (Å²) < 4.78 is 0. The molecular formula is C15H9ClN2O2S2. The number of halogens is 1. The first-order chi connectivity index (χ1) is 10.6. The van der Waals surface area contributed by atoms with Gasteiger partial charge >= 0.3 is 0 Å². The van der Waals surface area contributed by atoms with E-state index in [9.17, 15) is 9.59 Å². The van der Waals surface area contributed by atoms with Crippen LogP contribution in [0.2, 0.25) is 5.02 Å². The molecule has 0 atom stereocenters. The number of carbonyl (C=O) groups is 2. The van der Waals surface area contributed by atoms with Gasteiger partial charge in [0, 0.05) is 9.90 Å². The van der Waals surface area contributed by atoms with Crippen LogP contribution in [0.1, 0.15) is 4.88 Å². The van der Waals surface area contributed by atoms with Gasteiger partial charge in [-0.05, 0) is 54.0 Å². The van der Waals surface area contributed by atoms with Gasteiger partial charge in [0.25, 0.3) is 11.8 Å². The van der Waals surface area contributed by atoms with E-state index in [0.29, 0.717) is 10.7 Å². The Morgan fingerprint density at radius 3 is 2.55 bits per heavy atom. The second-order valence-electron chi connectivity index (χ2n) is 4.45. The van der Waals surface area contributed by atoms with Crippen molar-refractivity contribution in [2.24, 2.45) is 0 Å². The van der Waals surface area contributed by atoms with Crippen molar-refractivity contribution in [3.05, 3.63) is 57.3 Å². The molecule has 2 aromatic rings. The molecule has 7 heteroatoms. The average molecular weight is 349 g/mol. The molecule has 1 fully saturated rings. The Balaban J connectivity index is 2.01. The lowest BCUT2D eigenvalue weighted by Gasteiger charge is -2.28. The smallest absolute Gasteiger partial charge is 0.270 e. The molecule has 1 aliphatic heterocycles. The van der Waals surface area contributed by atoms with E-state index in [-0.39, 0.29) is 10.7 Å². The molecule has 1 aromatic carbocycles. The second-order valence-corrected chi connectivity index (χ2v) is 6.25. The third-order valence-electron chi connectivity index (χ3n) is 3.02. The Kier molecular flexibility index (Phi) is 4.06. The third kappa shape index (κ3) is 2.81. The quantitative estimate of drug-likeness (QED) is 0.515. The van der Waals surface area contributed by atoms with Crippen molar-refractivity contribution in [2.45, 2.75) is 0 Å². The maximum atomic E-state index is 12.6. The lowest BCUT2D eigenvalue weighted by Crippen LogP contribution is -2.54. The van der Waals surface area contributed by atoms with Crippen LogP contribution in [0, 0.1) is 0 Å². The van der Waals surface area contributed by atoms with Gasteiger partial charge in [0.2, 0.25) is 0 Å². The molecule has 0 radical (unpaired) electrons. The van der Waals surface area contributed by atoms with E-state index in [1.165, 1.54) is 16.2 Å². The van der Waals surface area contributed by atoms with E-state index in [4.69, 9.17) is 23.8 Å². The van der Waals surface area contributed by atoms with Crippen LogP contribution in [0.5, 0.6) is 0 Å². The lowest BCUT2D eigenvalue weighted by atomic mass is 10.1. The fraction of sp³-hybridized carbons (Fsp3) is 0. The number of amides is 2. The van der Waals surface area contributed by atoms with Crippen LogP contribution >= 0.6 is 35.2 Å². The molecule has 22 heavy (non-hydrogen) atoms. The van der Waals surface area contributed by atoms with Gasteiger partial charge in [-0.15, -0.1) is 11.3 Å². The Bertz CT molecular complexity index is 782. The summed E-state index contributed by atoms with van der Waals surface area (Å²) in [6.45, 7) is 0. The topological polar surface area (TPSA) is 49.4 Å². The van der Waals surface area contributed by atoms with E-state index in [1.807, 2.05) is 17.5 Å². The molecule has 110 valence electrons. The van der Waals surface area contributed by atoms with Gasteiger partial charge in [-0.25, -0.2) is 0 Å². The number of hydrogen-bond acceptors (Lipinski definition) is 4. The van der Waals surface area contributed by atoms with E-state index >= 15 is 0 Å². The molecule has 2 heterocycles. The van der Waals surface area contributed by atoms with E-state index in [2.05, 4.69) is 5.32 Å².